The molecule has 116 valence electrons. The standard InChI is InChI=1S/C17H26ClN3/c1-13(19)16-7-6-15(12-17(16)18)21-10-8-20(9-11-21)14-4-2-3-5-14/h6-7,12-14H,2-5,8-11,19H2,1H3. The quantitative estimate of drug-likeness (QED) is 0.928. The number of halogens is 1. The van der Waals surface area contributed by atoms with Gasteiger partial charge in [-0.2, -0.15) is 0 Å². The molecule has 1 saturated heterocycles. The molecule has 1 aromatic rings. The Balaban J connectivity index is 1.62. The summed E-state index contributed by atoms with van der Waals surface area (Å²) in [6.07, 6.45) is 5.63. The van der Waals surface area contributed by atoms with Crippen LogP contribution < -0.4 is 10.6 Å². The average Bonchev–Trinajstić information content (AvgIpc) is 3.01. The van der Waals surface area contributed by atoms with Crippen LogP contribution in [0.2, 0.25) is 5.02 Å². The third-order valence-corrected chi connectivity index (χ3v) is 5.32. The lowest BCUT2D eigenvalue weighted by Gasteiger charge is -2.39. The fourth-order valence-electron chi connectivity index (χ4n) is 3.70. The molecule has 1 aliphatic heterocycles. The van der Waals surface area contributed by atoms with Gasteiger partial charge in [0.2, 0.25) is 0 Å². The Morgan fingerprint density at radius 1 is 1.14 bits per heavy atom. The van der Waals surface area contributed by atoms with E-state index in [-0.39, 0.29) is 6.04 Å². The summed E-state index contributed by atoms with van der Waals surface area (Å²) in [6.45, 7) is 6.53. The van der Waals surface area contributed by atoms with Gasteiger partial charge in [0.05, 0.1) is 0 Å². The molecule has 0 spiro atoms. The fraction of sp³-hybridized carbons (Fsp3) is 0.647. The Morgan fingerprint density at radius 3 is 2.38 bits per heavy atom. The van der Waals surface area contributed by atoms with Gasteiger partial charge in [-0.1, -0.05) is 30.5 Å². The van der Waals surface area contributed by atoms with Crippen molar-refractivity contribution in [3.63, 3.8) is 0 Å². The summed E-state index contributed by atoms with van der Waals surface area (Å²) in [5.41, 5.74) is 8.19. The van der Waals surface area contributed by atoms with Crippen LogP contribution in [0.25, 0.3) is 0 Å². The second kappa shape index (κ2) is 6.55. The minimum atomic E-state index is -0.00855. The SMILES string of the molecule is CC(N)c1ccc(N2CCN(C3CCCC3)CC2)cc1Cl. The summed E-state index contributed by atoms with van der Waals surface area (Å²) >= 11 is 6.36. The fourth-order valence-corrected chi connectivity index (χ4v) is 4.04. The topological polar surface area (TPSA) is 32.5 Å². The van der Waals surface area contributed by atoms with Gasteiger partial charge in [-0.25, -0.2) is 0 Å². The highest BCUT2D eigenvalue weighted by atomic mass is 35.5. The largest absolute Gasteiger partial charge is 0.369 e. The van der Waals surface area contributed by atoms with Crippen molar-refractivity contribution >= 4 is 17.3 Å². The molecule has 3 nitrogen and oxygen atoms in total. The molecule has 21 heavy (non-hydrogen) atoms. The van der Waals surface area contributed by atoms with Gasteiger partial charge in [0.25, 0.3) is 0 Å². The molecular weight excluding hydrogens is 282 g/mol. The van der Waals surface area contributed by atoms with E-state index >= 15 is 0 Å². The summed E-state index contributed by atoms with van der Waals surface area (Å²) in [5, 5.41) is 0.792. The van der Waals surface area contributed by atoms with Crippen LogP contribution in [0.1, 0.15) is 44.2 Å². The van der Waals surface area contributed by atoms with Crippen LogP contribution in [0.3, 0.4) is 0 Å². The molecule has 4 heteroatoms. The van der Waals surface area contributed by atoms with Crippen molar-refractivity contribution in [3.8, 4) is 0 Å². The molecule has 0 amide bonds. The van der Waals surface area contributed by atoms with Crippen molar-refractivity contribution < 1.29 is 0 Å². The van der Waals surface area contributed by atoms with E-state index in [1.54, 1.807) is 0 Å². The van der Waals surface area contributed by atoms with E-state index in [1.807, 2.05) is 6.92 Å². The third kappa shape index (κ3) is 3.36. The zero-order chi connectivity index (χ0) is 14.8. The Labute approximate surface area is 133 Å². The highest BCUT2D eigenvalue weighted by molar-refractivity contribution is 6.31. The summed E-state index contributed by atoms with van der Waals surface area (Å²) in [7, 11) is 0. The van der Waals surface area contributed by atoms with Crippen molar-refractivity contribution in [2.45, 2.75) is 44.7 Å². The maximum absolute atomic E-state index is 6.36. The Hall–Kier alpha value is -0.770. The molecule has 0 radical (unpaired) electrons. The molecule has 1 heterocycles. The molecule has 1 atom stereocenters. The van der Waals surface area contributed by atoms with Gasteiger partial charge in [-0.15, -0.1) is 0 Å². The minimum Gasteiger partial charge on any atom is -0.369 e. The number of anilines is 1. The zero-order valence-electron chi connectivity index (χ0n) is 12.9. The van der Waals surface area contributed by atoms with Gasteiger partial charge in [0.15, 0.2) is 0 Å². The number of benzene rings is 1. The third-order valence-electron chi connectivity index (χ3n) is 5.00. The smallest absolute Gasteiger partial charge is 0.0474 e. The second-order valence-corrected chi connectivity index (χ2v) is 6.86. The Morgan fingerprint density at radius 2 is 1.81 bits per heavy atom. The monoisotopic (exact) mass is 307 g/mol. The van der Waals surface area contributed by atoms with Gasteiger partial charge < -0.3 is 10.6 Å². The van der Waals surface area contributed by atoms with E-state index in [0.717, 1.165) is 29.7 Å². The first-order chi connectivity index (χ1) is 10.1. The molecule has 0 bridgehead atoms. The highest BCUT2D eigenvalue weighted by Gasteiger charge is 2.26. The van der Waals surface area contributed by atoms with E-state index in [1.165, 1.54) is 44.5 Å². The predicted octanol–water partition coefficient (Wildman–Crippen LogP) is 3.42. The summed E-state index contributed by atoms with van der Waals surface area (Å²) < 4.78 is 0. The summed E-state index contributed by atoms with van der Waals surface area (Å²) in [5.74, 6) is 0. The zero-order valence-corrected chi connectivity index (χ0v) is 13.6. The molecule has 1 saturated carbocycles. The second-order valence-electron chi connectivity index (χ2n) is 6.46. The first kappa shape index (κ1) is 15.1. The molecule has 0 aromatic heterocycles. The van der Waals surface area contributed by atoms with Crippen molar-refractivity contribution in [2.75, 3.05) is 31.1 Å². The first-order valence-electron chi connectivity index (χ1n) is 8.19. The van der Waals surface area contributed by atoms with E-state index in [4.69, 9.17) is 17.3 Å². The number of hydrogen-bond donors (Lipinski definition) is 1. The van der Waals surface area contributed by atoms with E-state index in [0.29, 0.717) is 0 Å². The minimum absolute atomic E-state index is 0.00855. The molecule has 3 rings (SSSR count). The van der Waals surface area contributed by atoms with Gasteiger partial charge in [0, 0.05) is 49.0 Å². The van der Waals surface area contributed by atoms with Crippen LogP contribution in [-0.2, 0) is 0 Å². The van der Waals surface area contributed by atoms with Crippen molar-refractivity contribution in [1.82, 2.24) is 4.90 Å². The van der Waals surface area contributed by atoms with Crippen LogP contribution in [0, 0.1) is 0 Å². The predicted molar refractivity (Wildman–Crippen MR) is 90.1 cm³/mol. The molecule has 2 N–H and O–H groups in total. The number of rotatable bonds is 3. The van der Waals surface area contributed by atoms with E-state index in [9.17, 15) is 0 Å². The van der Waals surface area contributed by atoms with Crippen LogP contribution in [0.5, 0.6) is 0 Å². The van der Waals surface area contributed by atoms with Crippen LogP contribution >= 0.6 is 11.6 Å². The summed E-state index contributed by atoms with van der Waals surface area (Å²) in [6, 6.07) is 7.15. The van der Waals surface area contributed by atoms with E-state index < -0.39 is 0 Å². The number of nitrogens with two attached hydrogens (primary N) is 1. The molecule has 1 unspecified atom stereocenters. The van der Waals surface area contributed by atoms with Crippen molar-refractivity contribution in [2.24, 2.45) is 5.73 Å². The Bertz CT molecular complexity index is 475. The molecule has 1 aliphatic carbocycles. The van der Waals surface area contributed by atoms with Gasteiger partial charge in [-0.3, -0.25) is 4.90 Å². The number of nitrogens with zero attached hydrogens (tertiary/aromatic N) is 2. The van der Waals surface area contributed by atoms with Crippen molar-refractivity contribution in [1.29, 1.82) is 0 Å². The normalized spacial score (nSPS) is 22.7. The number of hydrogen-bond acceptors (Lipinski definition) is 3. The maximum Gasteiger partial charge on any atom is 0.0474 e. The lowest BCUT2D eigenvalue weighted by Crippen LogP contribution is -2.49. The van der Waals surface area contributed by atoms with Gasteiger partial charge in [-0.05, 0) is 37.5 Å². The Kier molecular flexibility index (Phi) is 4.72. The first-order valence-corrected chi connectivity index (χ1v) is 8.57. The van der Waals surface area contributed by atoms with Crippen molar-refractivity contribution in [3.05, 3.63) is 28.8 Å². The molecule has 2 fully saturated rings. The highest BCUT2D eigenvalue weighted by Crippen LogP contribution is 2.29. The summed E-state index contributed by atoms with van der Waals surface area (Å²) in [4.78, 5) is 5.13. The maximum atomic E-state index is 6.36. The number of piperazine rings is 1. The lowest BCUT2D eigenvalue weighted by atomic mass is 10.1. The lowest BCUT2D eigenvalue weighted by molar-refractivity contribution is 0.187. The van der Waals surface area contributed by atoms with Gasteiger partial charge in [0.1, 0.15) is 0 Å². The van der Waals surface area contributed by atoms with Gasteiger partial charge >= 0.3 is 0 Å². The molecular formula is C17H26ClN3. The van der Waals surface area contributed by atoms with Crippen LogP contribution in [0.15, 0.2) is 18.2 Å². The van der Waals surface area contributed by atoms with Crippen LogP contribution in [-0.4, -0.2) is 37.1 Å². The van der Waals surface area contributed by atoms with E-state index in [2.05, 4.69) is 28.0 Å². The average molecular weight is 308 g/mol. The molecule has 2 aliphatic rings. The molecule has 1 aromatic carbocycles. The van der Waals surface area contributed by atoms with Crippen LogP contribution in [0.4, 0.5) is 5.69 Å².